The minimum absolute atomic E-state index is 0.0695. The topological polar surface area (TPSA) is 87.4 Å². The first kappa shape index (κ1) is 13.5. The van der Waals surface area contributed by atoms with Gasteiger partial charge >= 0.3 is 0 Å². The van der Waals surface area contributed by atoms with Gasteiger partial charge in [0.1, 0.15) is 0 Å². The third kappa shape index (κ3) is 3.52. The molecule has 102 valence electrons. The molecule has 0 fully saturated rings. The number of nitrogens with zero attached hydrogens (tertiary/aromatic N) is 2. The highest BCUT2D eigenvalue weighted by atomic mass is 16.3. The molecule has 3 N–H and O–H groups in total. The van der Waals surface area contributed by atoms with Crippen LogP contribution in [0.25, 0.3) is 11.0 Å². The molecule has 0 aliphatic heterocycles. The van der Waals surface area contributed by atoms with Gasteiger partial charge in [0, 0.05) is 19.5 Å². The first-order chi connectivity index (χ1) is 9.20. The van der Waals surface area contributed by atoms with E-state index in [0.717, 1.165) is 11.0 Å². The van der Waals surface area contributed by atoms with Crippen LogP contribution in [0.4, 0.5) is 0 Å². The van der Waals surface area contributed by atoms with E-state index in [9.17, 15) is 4.79 Å². The van der Waals surface area contributed by atoms with Gasteiger partial charge in [-0.15, -0.1) is 0 Å². The van der Waals surface area contributed by atoms with E-state index in [0.29, 0.717) is 13.0 Å². The lowest BCUT2D eigenvalue weighted by Gasteiger charge is -2.09. The van der Waals surface area contributed by atoms with Crippen molar-refractivity contribution in [3.8, 4) is 0 Å². The molecule has 1 amide bonds. The molecule has 1 aromatic carbocycles. The van der Waals surface area contributed by atoms with Crippen molar-refractivity contribution >= 4 is 16.9 Å². The van der Waals surface area contributed by atoms with E-state index in [1.165, 1.54) is 0 Å². The molecule has 1 heterocycles. The predicted molar refractivity (Wildman–Crippen MR) is 70.5 cm³/mol. The third-order valence-electron chi connectivity index (χ3n) is 2.85. The Morgan fingerprint density at radius 3 is 3.00 bits per heavy atom. The van der Waals surface area contributed by atoms with Gasteiger partial charge in [0.2, 0.25) is 5.91 Å². The standard InChI is InChI=1S/C13H17N3O3/c17-8-10(18)7-14-13(19)5-6-16-9-15-11-3-1-2-4-12(11)16/h1-4,9-10,17-18H,5-8H2,(H,14,19). The molecule has 1 atom stereocenters. The Balaban J connectivity index is 1.87. The van der Waals surface area contributed by atoms with E-state index in [1.807, 2.05) is 28.8 Å². The summed E-state index contributed by atoms with van der Waals surface area (Å²) in [4.78, 5) is 15.8. The highest BCUT2D eigenvalue weighted by Crippen LogP contribution is 2.11. The molecule has 19 heavy (non-hydrogen) atoms. The largest absolute Gasteiger partial charge is 0.394 e. The molecule has 0 radical (unpaired) electrons. The average molecular weight is 263 g/mol. The molecule has 0 aliphatic rings. The molecule has 1 aromatic heterocycles. The SMILES string of the molecule is O=C(CCn1cnc2ccccc21)NCC(O)CO. The maximum Gasteiger partial charge on any atom is 0.221 e. The van der Waals surface area contributed by atoms with Crippen LogP contribution >= 0.6 is 0 Å². The summed E-state index contributed by atoms with van der Waals surface area (Å²) in [5, 5.41) is 20.3. The summed E-state index contributed by atoms with van der Waals surface area (Å²) in [6.45, 7) is 0.244. The van der Waals surface area contributed by atoms with Crippen LogP contribution in [0.5, 0.6) is 0 Å². The minimum atomic E-state index is -0.905. The Bertz CT molecular complexity index is 553. The summed E-state index contributed by atoms with van der Waals surface area (Å²) in [7, 11) is 0. The van der Waals surface area contributed by atoms with Gasteiger partial charge in [0.15, 0.2) is 0 Å². The summed E-state index contributed by atoms with van der Waals surface area (Å²) in [6.07, 6.45) is 1.11. The highest BCUT2D eigenvalue weighted by Gasteiger charge is 2.07. The number of aromatic nitrogens is 2. The fraction of sp³-hybridized carbons (Fsp3) is 0.385. The van der Waals surface area contributed by atoms with Gasteiger partial charge in [-0.05, 0) is 12.1 Å². The smallest absolute Gasteiger partial charge is 0.221 e. The number of aliphatic hydroxyl groups is 2. The third-order valence-corrected chi connectivity index (χ3v) is 2.85. The van der Waals surface area contributed by atoms with Crippen molar-refractivity contribution in [3.63, 3.8) is 0 Å². The van der Waals surface area contributed by atoms with Gasteiger partial charge in [0.05, 0.1) is 30.1 Å². The second kappa shape index (κ2) is 6.31. The lowest BCUT2D eigenvalue weighted by atomic mass is 10.3. The fourth-order valence-electron chi connectivity index (χ4n) is 1.80. The van der Waals surface area contributed by atoms with Crippen molar-refractivity contribution in [2.45, 2.75) is 19.1 Å². The Morgan fingerprint density at radius 1 is 1.42 bits per heavy atom. The first-order valence-electron chi connectivity index (χ1n) is 6.16. The van der Waals surface area contributed by atoms with Crippen molar-refractivity contribution in [1.82, 2.24) is 14.9 Å². The highest BCUT2D eigenvalue weighted by molar-refractivity contribution is 5.77. The average Bonchev–Trinajstić information content (AvgIpc) is 2.85. The zero-order valence-corrected chi connectivity index (χ0v) is 10.5. The molecular formula is C13H17N3O3. The Morgan fingerprint density at radius 2 is 2.21 bits per heavy atom. The zero-order valence-electron chi connectivity index (χ0n) is 10.5. The molecule has 2 rings (SSSR count). The molecule has 6 heteroatoms. The van der Waals surface area contributed by atoms with E-state index < -0.39 is 6.10 Å². The van der Waals surface area contributed by atoms with Crippen LogP contribution in [0.2, 0.25) is 0 Å². The monoisotopic (exact) mass is 263 g/mol. The molecule has 6 nitrogen and oxygen atoms in total. The van der Waals surface area contributed by atoms with Crippen molar-refractivity contribution in [2.24, 2.45) is 0 Å². The maximum absolute atomic E-state index is 11.6. The summed E-state index contributed by atoms with van der Waals surface area (Å²) in [5.74, 6) is -0.162. The molecule has 0 aliphatic carbocycles. The van der Waals surface area contributed by atoms with Gasteiger partial charge in [-0.2, -0.15) is 0 Å². The van der Waals surface area contributed by atoms with Gasteiger partial charge in [-0.25, -0.2) is 4.98 Å². The number of nitrogens with one attached hydrogen (secondary N) is 1. The Hall–Kier alpha value is -1.92. The lowest BCUT2D eigenvalue weighted by Crippen LogP contribution is -2.34. The number of imidazole rings is 1. The number of benzene rings is 1. The van der Waals surface area contributed by atoms with Crippen molar-refractivity contribution in [2.75, 3.05) is 13.2 Å². The molecule has 2 aromatic rings. The number of carbonyl (C=O) groups excluding carboxylic acids is 1. The molecule has 0 saturated heterocycles. The van der Waals surface area contributed by atoms with Crippen LogP contribution in [0.3, 0.4) is 0 Å². The summed E-state index contributed by atoms with van der Waals surface area (Å²) < 4.78 is 1.91. The molecular weight excluding hydrogens is 246 g/mol. The molecule has 0 saturated carbocycles. The van der Waals surface area contributed by atoms with Gasteiger partial charge < -0.3 is 20.1 Å². The number of fused-ring (bicyclic) bond motifs is 1. The minimum Gasteiger partial charge on any atom is -0.394 e. The second-order valence-electron chi connectivity index (χ2n) is 4.32. The van der Waals surface area contributed by atoms with Crippen molar-refractivity contribution < 1.29 is 15.0 Å². The molecule has 0 spiro atoms. The maximum atomic E-state index is 11.6. The lowest BCUT2D eigenvalue weighted by molar-refractivity contribution is -0.121. The summed E-state index contributed by atoms with van der Waals surface area (Å²) in [6, 6.07) is 7.72. The fourth-order valence-corrected chi connectivity index (χ4v) is 1.80. The van der Waals surface area contributed by atoms with Crippen molar-refractivity contribution in [1.29, 1.82) is 0 Å². The number of hydrogen-bond donors (Lipinski definition) is 3. The van der Waals surface area contributed by atoms with Crippen LogP contribution in [0, 0.1) is 0 Å². The molecule has 0 bridgehead atoms. The number of amides is 1. The van der Waals surface area contributed by atoms with Gasteiger partial charge in [-0.3, -0.25) is 4.79 Å². The van der Waals surface area contributed by atoms with Crippen molar-refractivity contribution in [3.05, 3.63) is 30.6 Å². The number of aryl methyl sites for hydroxylation is 1. The molecule has 1 unspecified atom stereocenters. The Labute approximate surface area is 110 Å². The summed E-state index contributed by atoms with van der Waals surface area (Å²) in [5.41, 5.74) is 1.89. The van der Waals surface area contributed by atoms with E-state index in [4.69, 9.17) is 10.2 Å². The second-order valence-corrected chi connectivity index (χ2v) is 4.32. The van der Waals surface area contributed by atoms with E-state index in [1.54, 1.807) is 6.33 Å². The van der Waals surface area contributed by atoms with Crippen LogP contribution in [0.15, 0.2) is 30.6 Å². The van der Waals surface area contributed by atoms with Gasteiger partial charge in [-0.1, -0.05) is 12.1 Å². The normalized spacial score (nSPS) is 12.5. The first-order valence-corrected chi connectivity index (χ1v) is 6.16. The number of aliphatic hydroxyl groups excluding tert-OH is 2. The van der Waals surface area contributed by atoms with E-state index >= 15 is 0 Å². The van der Waals surface area contributed by atoms with Crippen LogP contribution in [-0.2, 0) is 11.3 Å². The predicted octanol–water partition coefficient (Wildman–Crippen LogP) is -0.104. The van der Waals surface area contributed by atoms with Crippen LogP contribution in [-0.4, -0.2) is 44.9 Å². The van der Waals surface area contributed by atoms with E-state index in [-0.39, 0.29) is 19.1 Å². The number of carbonyl (C=O) groups is 1. The van der Waals surface area contributed by atoms with E-state index in [2.05, 4.69) is 10.3 Å². The number of hydrogen-bond acceptors (Lipinski definition) is 4. The number of rotatable bonds is 6. The Kier molecular flexibility index (Phi) is 4.48. The van der Waals surface area contributed by atoms with Crippen LogP contribution < -0.4 is 5.32 Å². The number of para-hydroxylation sites is 2. The quantitative estimate of drug-likeness (QED) is 0.679. The zero-order chi connectivity index (χ0) is 13.7. The van der Waals surface area contributed by atoms with Gasteiger partial charge in [0.25, 0.3) is 0 Å². The summed E-state index contributed by atoms with van der Waals surface area (Å²) >= 11 is 0. The van der Waals surface area contributed by atoms with Crippen LogP contribution in [0.1, 0.15) is 6.42 Å².